The minimum atomic E-state index is -0.201. The van der Waals surface area contributed by atoms with E-state index in [4.69, 9.17) is 9.72 Å². The molecule has 3 rings (SSSR count). The fraction of sp³-hybridized carbons (Fsp3) is 0.542. The first-order chi connectivity index (χ1) is 14.2. The van der Waals surface area contributed by atoms with Gasteiger partial charge < -0.3 is 4.74 Å². The van der Waals surface area contributed by atoms with Gasteiger partial charge in [0.15, 0.2) is 5.52 Å². The van der Waals surface area contributed by atoms with Crippen LogP contribution in [0, 0.1) is 0 Å². The average Bonchev–Trinajstić information content (AvgIpc) is 2.99. The summed E-state index contributed by atoms with van der Waals surface area (Å²) < 4.78 is 9.41. The van der Waals surface area contributed by atoms with Crippen LogP contribution in [-0.2, 0) is 32.9 Å². The van der Waals surface area contributed by atoms with E-state index >= 15 is 0 Å². The number of fused-ring (bicyclic) bond motifs is 1. The fourth-order valence-electron chi connectivity index (χ4n) is 3.78. The van der Waals surface area contributed by atoms with Crippen LogP contribution in [0.4, 0.5) is 0 Å². The van der Waals surface area contributed by atoms with Crippen LogP contribution >= 0.6 is 0 Å². The second-order valence-corrected chi connectivity index (χ2v) is 8.82. The minimum absolute atomic E-state index is 0.0168. The Hall–Kier alpha value is -2.63. The molecule has 0 N–H and O–H groups in total. The Morgan fingerprint density at radius 1 is 1.07 bits per heavy atom. The first-order valence-corrected chi connectivity index (χ1v) is 11.0. The van der Waals surface area contributed by atoms with Crippen molar-refractivity contribution in [3.8, 4) is 5.75 Å². The van der Waals surface area contributed by atoms with E-state index in [0.717, 1.165) is 54.9 Å². The van der Waals surface area contributed by atoms with E-state index in [9.17, 15) is 4.79 Å². The van der Waals surface area contributed by atoms with Crippen molar-refractivity contribution in [2.75, 3.05) is 0 Å². The smallest absolute Gasteiger partial charge is 0.279 e. The molecule has 30 heavy (non-hydrogen) atoms. The summed E-state index contributed by atoms with van der Waals surface area (Å²) in [6.07, 6.45) is 4.32. The molecule has 0 fully saturated rings. The second kappa shape index (κ2) is 9.02. The molecule has 3 aromatic rings. The summed E-state index contributed by atoms with van der Waals surface area (Å²) in [5.41, 5.74) is 3.36. The summed E-state index contributed by atoms with van der Waals surface area (Å²) >= 11 is 0. The van der Waals surface area contributed by atoms with Crippen LogP contribution in [0.25, 0.3) is 11.0 Å². The normalized spacial score (nSPS) is 11.9. The molecule has 0 bridgehead atoms. The summed E-state index contributed by atoms with van der Waals surface area (Å²) in [4.78, 5) is 18.0. The predicted molar refractivity (Wildman–Crippen MR) is 121 cm³/mol. The molecule has 0 saturated carbocycles. The van der Waals surface area contributed by atoms with Gasteiger partial charge >= 0.3 is 0 Å². The Bertz CT molecular complexity index is 1060. The molecule has 0 spiro atoms. The lowest BCUT2D eigenvalue weighted by Gasteiger charge is -2.21. The number of ether oxygens (including phenoxy) is 1. The Morgan fingerprint density at radius 3 is 2.37 bits per heavy atom. The van der Waals surface area contributed by atoms with E-state index in [0.29, 0.717) is 12.1 Å². The van der Waals surface area contributed by atoms with Gasteiger partial charge in [-0.25, -0.2) is 4.98 Å². The molecular formula is C24H34N4O2. The first-order valence-electron chi connectivity index (χ1n) is 11.0. The lowest BCUT2D eigenvalue weighted by Crippen LogP contribution is -2.26. The number of aromatic nitrogens is 4. The molecule has 0 aliphatic carbocycles. The SMILES string of the molecule is CCCc1nn(C)c2c(=O)n(CCCc3ccc(OC(C)(C)C)cc3)c(CC)nc12. The van der Waals surface area contributed by atoms with E-state index in [1.54, 1.807) is 4.68 Å². The third-order valence-corrected chi connectivity index (χ3v) is 5.09. The van der Waals surface area contributed by atoms with Crippen molar-refractivity contribution >= 4 is 11.0 Å². The Labute approximate surface area is 178 Å². The van der Waals surface area contributed by atoms with Crippen LogP contribution in [-0.4, -0.2) is 24.9 Å². The quantitative estimate of drug-likeness (QED) is 0.550. The summed E-state index contributed by atoms with van der Waals surface area (Å²) in [7, 11) is 1.84. The monoisotopic (exact) mass is 410 g/mol. The highest BCUT2D eigenvalue weighted by atomic mass is 16.5. The topological polar surface area (TPSA) is 61.9 Å². The van der Waals surface area contributed by atoms with Gasteiger partial charge in [-0.05, 0) is 57.7 Å². The molecule has 0 atom stereocenters. The van der Waals surface area contributed by atoms with Gasteiger partial charge in [0.25, 0.3) is 5.56 Å². The van der Waals surface area contributed by atoms with E-state index in [1.807, 2.05) is 51.4 Å². The lowest BCUT2D eigenvalue weighted by molar-refractivity contribution is 0.131. The van der Waals surface area contributed by atoms with E-state index in [2.05, 4.69) is 24.2 Å². The molecule has 0 saturated heterocycles. The zero-order valence-electron chi connectivity index (χ0n) is 19.2. The van der Waals surface area contributed by atoms with Crippen LogP contribution < -0.4 is 10.3 Å². The summed E-state index contributed by atoms with van der Waals surface area (Å²) in [5, 5.41) is 4.55. The van der Waals surface area contributed by atoms with Crippen molar-refractivity contribution in [1.29, 1.82) is 0 Å². The van der Waals surface area contributed by atoms with Gasteiger partial charge in [-0.1, -0.05) is 32.4 Å². The van der Waals surface area contributed by atoms with Gasteiger partial charge in [0.2, 0.25) is 0 Å². The summed E-state index contributed by atoms with van der Waals surface area (Å²) in [6, 6.07) is 8.24. The van der Waals surface area contributed by atoms with Gasteiger partial charge in [0, 0.05) is 20.0 Å². The second-order valence-electron chi connectivity index (χ2n) is 8.82. The number of aryl methyl sites for hydroxylation is 4. The maximum atomic E-state index is 13.2. The summed E-state index contributed by atoms with van der Waals surface area (Å²) in [5.74, 6) is 1.72. The van der Waals surface area contributed by atoms with Gasteiger partial charge in [-0.2, -0.15) is 5.10 Å². The number of rotatable bonds is 8. The Kier molecular flexibility index (Phi) is 6.64. The van der Waals surface area contributed by atoms with Crippen molar-refractivity contribution in [3.63, 3.8) is 0 Å². The molecule has 1 aromatic carbocycles. The number of hydrogen-bond acceptors (Lipinski definition) is 4. The molecule has 0 amide bonds. The standard InChI is InChI=1S/C24H34N4O2/c1-7-10-19-21-22(27(6)26-19)23(29)28(20(8-2)25-21)16-9-11-17-12-14-18(15-13-17)30-24(3,4)5/h12-15H,7-11,16H2,1-6H3. The molecule has 6 nitrogen and oxygen atoms in total. The molecule has 0 aliphatic rings. The third-order valence-electron chi connectivity index (χ3n) is 5.09. The van der Waals surface area contributed by atoms with Crippen molar-refractivity contribution in [2.45, 2.75) is 78.9 Å². The zero-order chi connectivity index (χ0) is 21.9. The van der Waals surface area contributed by atoms with Gasteiger partial charge in [0.1, 0.15) is 22.7 Å². The van der Waals surface area contributed by atoms with Gasteiger partial charge in [0.05, 0.1) is 5.69 Å². The Balaban J connectivity index is 1.77. The maximum absolute atomic E-state index is 13.2. The molecule has 6 heteroatoms. The average molecular weight is 411 g/mol. The van der Waals surface area contributed by atoms with E-state index < -0.39 is 0 Å². The molecule has 0 unspecified atom stereocenters. The number of benzene rings is 1. The fourth-order valence-corrected chi connectivity index (χ4v) is 3.78. The summed E-state index contributed by atoms with van der Waals surface area (Å²) in [6.45, 7) is 10.9. The van der Waals surface area contributed by atoms with Crippen molar-refractivity contribution in [1.82, 2.24) is 19.3 Å². The van der Waals surface area contributed by atoms with E-state index in [1.165, 1.54) is 5.56 Å². The highest BCUT2D eigenvalue weighted by Gasteiger charge is 2.17. The van der Waals surface area contributed by atoms with Crippen LogP contribution in [0.5, 0.6) is 5.75 Å². The maximum Gasteiger partial charge on any atom is 0.279 e. The minimum Gasteiger partial charge on any atom is -0.488 e. The first kappa shape index (κ1) is 22.1. The number of hydrogen-bond donors (Lipinski definition) is 0. The van der Waals surface area contributed by atoms with Crippen LogP contribution in [0.15, 0.2) is 29.1 Å². The van der Waals surface area contributed by atoms with Crippen molar-refractivity contribution < 1.29 is 4.74 Å². The molecule has 0 aliphatic heterocycles. The van der Waals surface area contributed by atoms with Crippen molar-refractivity contribution in [2.24, 2.45) is 7.05 Å². The Morgan fingerprint density at radius 2 is 1.77 bits per heavy atom. The number of nitrogens with zero attached hydrogens (tertiary/aromatic N) is 4. The van der Waals surface area contributed by atoms with Gasteiger partial charge in [-0.15, -0.1) is 0 Å². The largest absolute Gasteiger partial charge is 0.488 e. The van der Waals surface area contributed by atoms with Crippen LogP contribution in [0.1, 0.15) is 64.5 Å². The van der Waals surface area contributed by atoms with Crippen molar-refractivity contribution in [3.05, 3.63) is 51.7 Å². The predicted octanol–water partition coefficient (Wildman–Crippen LogP) is 4.46. The molecule has 2 heterocycles. The molecule has 2 aromatic heterocycles. The third kappa shape index (κ3) is 4.91. The van der Waals surface area contributed by atoms with E-state index in [-0.39, 0.29) is 11.2 Å². The molecule has 162 valence electrons. The lowest BCUT2D eigenvalue weighted by atomic mass is 10.1. The molecular weight excluding hydrogens is 376 g/mol. The molecule has 0 radical (unpaired) electrons. The zero-order valence-corrected chi connectivity index (χ0v) is 19.2. The highest BCUT2D eigenvalue weighted by molar-refractivity contribution is 5.76. The van der Waals surface area contributed by atoms with Gasteiger partial charge in [-0.3, -0.25) is 14.0 Å². The van der Waals surface area contributed by atoms with Crippen LogP contribution in [0.2, 0.25) is 0 Å². The van der Waals surface area contributed by atoms with Crippen LogP contribution in [0.3, 0.4) is 0 Å². The highest BCUT2D eigenvalue weighted by Crippen LogP contribution is 2.19.